The number of aliphatic hydroxyl groups excluding tert-OH is 2. The molecule has 0 radical (unpaired) electrons. The van der Waals surface area contributed by atoms with Crippen LogP contribution in [-0.4, -0.2) is 53.7 Å². The first kappa shape index (κ1) is 20.4. The Morgan fingerprint density at radius 2 is 1.72 bits per heavy atom. The van der Waals surface area contributed by atoms with Crippen LogP contribution in [0.1, 0.15) is 24.1 Å². The molecule has 2 N–H and O–H groups in total. The number of hydrogen-bond donors (Lipinski definition) is 2. The predicted octanol–water partition coefficient (Wildman–Crippen LogP) is 2.51. The summed E-state index contributed by atoms with van der Waals surface area (Å²) in [5, 5.41) is 20.8. The first-order chi connectivity index (χ1) is 13.9. The van der Waals surface area contributed by atoms with Gasteiger partial charge in [-0.3, -0.25) is 9.59 Å². The van der Waals surface area contributed by atoms with Crippen LogP contribution in [0.3, 0.4) is 0 Å². The first-order valence-corrected chi connectivity index (χ1v) is 9.12. The highest BCUT2D eigenvalue weighted by Crippen LogP contribution is 2.41. The summed E-state index contributed by atoms with van der Waals surface area (Å²) in [7, 11) is 2.99. The van der Waals surface area contributed by atoms with Crippen LogP contribution in [0.5, 0.6) is 11.5 Å². The van der Waals surface area contributed by atoms with Gasteiger partial charge < -0.3 is 24.6 Å². The molecule has 7 nitrogen and oxygen atoms in total. The lowest BCUT2D eigenvalue weighted by molar-refractivity contribution is -0.140. The zero-order valence-corrected chi connectivity index (χ0v) is 16.5. The van der Waals surface area contributed by atoms with E-state index >= 15 is 0 Å². The summed E-state index contributed by atoms with van der Waals surface area (Å²) in [6.07, 6.45) is -0.854. The Labute approximate surface area is 168 Å². The third-order valence-corrected chi connectivity index (χ3v) is 4.77. The van der Waals surface area contributed by atoms with Crippen molar-refractivity contribution in [2.24, 2.45) is 0 Å². The quantitative estimate of drug-likeness (QED) is 0.442. The number of methoxy groups -OCH3 is 2. The number of ether oxygens (including phenoxy) is 2. The second kappa shape index (κ2) is 8.36. The number of β-amino-alcohol motifs (C(OH)–C–C–N with tert-alkyl or cyclic N) is 1. The molecular weight excluding hydrogens is 374 g/mol. The summed E-state index contributed by atoms with van der Waals surface area (Å²) in [5.74, 6) is -0.925. The number of likely N-dealkylation sites (tertiary alicyclic amines) is 1. The summed E-state index contributed by atoms with van der Waals surface area (Å²) in [6.45, 7) is 1.47. The zero-order valence-electron chi connectivity index (χ0n) is 16.5. The van der Waals surface area contributed by atoms with E-state index in [1.165, 1.54) is 26.0 Å². The van der Waals surface area contributed by atoms with Crippen LogP contribution >= 0.6 is 0 Å². The lowest BCUT2D eigenvalue weighted by atomic mass is 9.95. The molecule has 0 bridgehead atoms. The maximum Gasteiger partial charge on any atom is 0.295 e. The number of carbonyl (C=O) groups is 2. The van der Waals surface area contributed by atoms with E-state index in [1.807, 2.05) is 0 Å². The standard InChI is InChI=1S/C22H23NO6/c1-13(24)12-23-19(15-9-10-16(28-2)17(11-15)29-3)18(21(26)22(23)27)20(25)14-7-5-4-6-8-14/h4-11,13,19,24-25H,12H2,1-3H3/b20-18+. The topological polar surface area (TPSA) is 96.3 Å². The number of benzene rings is 2. The smallest absolute Gasteiger partial charge is 0.295 e. The highest BCUT2D eigenvalue weighted by atomic mass is 16.5. The molecule has 1 saturated heterocycles. The Morgan fingerprint density at radius 3 is 2.31 bits per heavy atom. The fraction of sp³-hybridized carbons (Fsp3) is 0.273. The molecule has 7 heteroatoms. The first-order valence-electron chi connectivity index (χ1n) is 9.12. The minimum absolute atomic E-state index is 0.0333. The highest BCUT2D eigenvalue weighted by Gasteiger charge is 2.46. The number of amides is 1. The Bertz CT molecular complexity index is 951. The number of nitrogens with zero attached hydrogens (tertiary/aromatic N) is 1. The minimum atomic E-state index is -0.871. The van der Waals surface area contributed by atoms with Crippen molar-refractivity contribution in [3.63, 3.8) is 0 Å². The third-order valence-electron chi connectivity index (χ3n) is 4.77. The van der Waals surface area contributed by atoms with Crippen molar-refractivity contribution in [2.45, 2.75) is 19.1 Å². The molecule has 29 heavy (non-hydrogen) atoms. The molecule has 1 heterocycles. The summed E-state index contributed by atoms with van der Waals surface area (Å²) < 4.78 is 10.6. The largest absolute Gasteiger partial charge is 0.507 e. The molecule has 0 aliphatic carbocycles. The molecule has 1 fully saturated rings. The molecule has 1 aliphatic heterocycles. The minimum Gasteiger partial charge on any atom is -0.507 e. The number of rotatable bonds is 6. The van der Waals surface area contributed by atoms with Gasteiger partial charge in [-0.1, -0.05) is 36.4 Å². The van der Waals surface area contributed by atoms with E-state index in [4.69, 9.17) is 9.47 Å². The third kappa shape index (κ3) is 3.82. The van der Waals surface area contributed by atoms with Crippen LogP contribution in [0.25, 0.3) is 5.76 Å². The Morgan fingerprint density at radius 1 is 1.07 bits per heavy atom. The van der Waals surface area contributed by atoms with Crippen LogP contribution in [-0.2, 0) is 9.59 Å². The van der Waals surface area contributed by atoms with Crippen molar-refractivity contribution >= 4 is 17.4 Å². The SMILES string of the molecule is COc1ccc(C2/C(=C(\O)c3ccccc3)C(=O)C(=O)N2CC(C)O)cc1OC. The number of ketones is 1. The molecule has 1 amide bonds. The number of hydrogen-bond acceptors (Lipinski definition) is 6. The van der Waals surface area contributed by atoms with Gasteiger partial charge in [-0.05, 0) is 24.6 Å². The molecule has 2 unspecified atom stereocenters. The number of aliphatic hydroxyl groups is 2. The van der Waals surface area contributed by atoms with E-state index in [2.05, 4.69) is 0 Å². The van der Waals surface area contributed by atoms with Gasteiger partial charge in [0.25, 0.3) is 11.7 Å². The van der Waals surface area contributed by atoms with Gasteiger partial charge in [0.1, 0.15) is 5.76 Å². The summed E-state index contributed by atoms with van der Waals surface area (Å²) in [5.41, 5.74) is 0.946. The molecule has 0 saturated carbocycles. The number of carbonyl (C=O) groups excluding carboxylic acids is 2. The Hall–Kier alpha value is -3.32. The maximum absolute atomic E-state index is 12.8. The van der Waals surface area contributed by atoms with Gasteiger partial charge in [0.15, 0.2) is 11.5 Å². The van der Waals surface area contributed by atoms with E-state index in [1.54, 1.807) is 48.5 Å². The Balaban J connectivity index is 2.21. The molecule has 0 aromatic heterocycles. The molecule has 3 rings (SSSR count). The molecule has 0 spiro atoms. The van der Waals surface area contributed by atoms with Crippen LogP contribution < -0.4 is 9.47 Å². The van der Waals surface area contributed by atoms with Crippen molar-refractivity contribution in [1.29, 1.82) is 0 Å². The van der Waals surface area contributed by atoms with Crippen molar-refractivity contribution in [3.05, 3.63) is 65.2 Å². The zero-order chi connectivity index (χ0) is 21.1. The monoisotopic (exact) mass is 397 g/mol. The van der Waals surface area contributed by atoms with Gasteiger partial charge in [-0.25, -0.2) is 0 Å². The molecule has 2 aromatic rings. The summed E-state index contributed by atoms with van der Waals surface area (Å²) in [6, 6.07) is 12.7. The average molecular weight is 397 g/mol. The molecule has 2 atom stereocenters. The van der Waals surface area contributed by atoms with Crippen LogP contribution in [0, 0.1) is 0 Å². The summed E-state index contributed by atoms with van der Waals surface area (Å²) >= 11 is 0. The van der Waals surface area contributed by atoms with Crippen molar-refractivity contribution in [3.8, 4) is 11.5 Å². The average Bonchev–Trinajstić information content (AvgIpc) is 2.97. The molecule has 1 aliphatic rings. The van der Waals surface area contributed by atoms with Crippen LogP contribution in [0.15, 0.2) is 54.1 Å². The van der Waals surface area contributed by atoms with Gasteiger partial charge in [-0.15, -0.1) is 0 Å². The van der Waals surface area contributed by atoms with Gasteiger partial charge in [0, 0.05) is 12.1 Å². The summed E-state index contributed by atoms with van der Waals surface area (Å²) in [4.78, 5) is 26.8. The normalized spacial score (nSPS) is 19.3. The van der Waals surface area contributed by atoms with Gasteiger partial charge in [0.2, 0.25) is 0 Å². The molecule has 2 aromatic carbocycles. The molecule has 152 valence electrons. The predicted molar refractivity (Wildman–Crippen MR) is 107 cm³/mol. The fourth-order valence-corrected chi connectivity index (χ4v) is 3.47. The second-order valence-electron chi connectivity index (χ2n) is 6.78. The van der Waals surface area contributed by atoms with Gasteiger partial charge in [0.05, 0.1) is 31.9 Å². The van der Waals surface area contributed by atoms with E-state index < -0.39 is 23.8 Å². The van der Waals surface area contributed by atoms with E-state index in [-0.39, 0.29) is 17.9 Å². The highest BCUT2D eigenvalue weighted by molar-refractivity contribution is 6.46. The van der Waals surface area contributed by atoms with E-state index in [0.29, 0.717) is 22.6 Å². The lowest BCUT2D eigenvalue weighted by Gasteiger charge is -2.27. The van der Waals surface area contributed by atoms with Gasteiger partial charge >= 0.3 is 0 Å². The van der Waals surface area contributed by atoms with Crippen molar-refractivity contribution < 1.29 is 29.3 Å². The lowest BCUT2D eigenvalue weighted by Crippen LogP contribution is -2.35. The second-order valence-corrected chi connectivity index (χ2v) is 6.78. The van der Waals surface area contributed by atoms with Crippen LogP contribution in [0.4, 0.5) is 0 Å². The van der Waals surface area contributed by atoms with Crippen molar-refractivity contribution in [1.82, 2.24) is 4.90 Å². The number of Topliss-reactive ketones (excluding diaryl/α,β-unsaturated/α-hetero) is 1. The van der Waals surface area contributed by atoms with Gasteiger partial charge in [-0.2, -0.15) is 0 Å². The van der Waals surface area contributed by atoms with Crippen LogP contribution in [0.2, 0.25) is 0 Å². The fourth-order valence-electron chi connectivity index (χ4n) is 3.47. The van der Waals surface area contributed by atoms with Crippen molar-refractivity contribution in [2.75, 3.05) is 20.8 Å². The maximum atomic E-state index is 12.8. The Kier molecular flexibility index (Phi) is 5.89. The van der Waals surface area contributed by atoms with E-state index in [0.717, 1.165) is 0 Å². The molecular formula is C22H23NO6. The van der Waals surface area contributed by atoms with E-state index in [9.17, 15) is 19.8 Å².